The summed E-state index contributed by atoms with van der Waals surface area (Å²) in [6, 6.07) is 0. The molecule has 0 saturated carbocycles. The minimum Gasteiger partial charge on any atom is -0.481 e. The highest BCUT2D eigenvalue weighted by atomic mass is 16.6. The number of aliphatic hydroxyl groups is 4. The summed E-state index contributed by atoms with van der Waals surface area (Å²) in [4.78, 5) is 22.4. The summed E-state index contributed by atoms with van der Waals surface area (Å²) in [6.07, 6.45) is 3.91. The molecule has 0 unspecified atom stereocenters. The number of carboxylic acids is 1. The van der Waals surface area contributed by atoms with Crippen LogP contribution in [-0.2, 0) is 14.3 Å². The summed E-state index contributed by atoms with van der Waals surface area (Å²) in [7, 11) is 0. The number of aliphatic carboxylic acids is 1. The van der Waals surface area contributed by atoms with Gasteiger partial charge in [0.25, 0.3) is 0 Å². The average Bonchev–Trinajstić information content (AvgIpc) is 2.69. The van der Waals surface area contributed by atoms with E-state index >= 15 is 0 Å². The third-order valence-corrected chi connectivity index (χ3v) is 5.24. The topological polar surface area (TPSA) is 157 Å². The molecule has 0 radical (unpaired) electrons. The molecule has 6 N–H and O–H groups in total. The Balaban J connectivity index is 2.02. The third-order valence-electron chi connectivity index (χ3n) is 5.24. The minimum atomic E-state index is -1.50. The molecule has 29 heavy (non-hydrogen) atoms. The first-order chi connectivity index (χ1) is 13.9. The molecule has 1 saturated heterocycles. The first kappa shape index (κ1) is 25.8. The Morgan fingerprint density at radius 1 is 0.724 bits per heavy atom. The van der Waals surface area contributed by atoms with E-state index < -0.39 is 43.2 Å². The largest absolute Gasteiger partial charge is 0.481 e. The summed E-state index contributed by atoms with van der Waals surface area (Å²) in [5.41, 5.74) is 0. The number of aliphatic hydroxyl groups excluding tert-OH is 4. The maximum Gasteiger partial charge on any atom is 0.303 e. The molecule has 0 aromatic carbocycles. The van der Waals surface area contributed by atoms with E-state index in [0.717, 1.165) is 57.8 Å². The van der Waals surface area contributed by atoms with Gasteiger partial charge in [-0.2, -0.15) is 0 Å². The molecule has 9 heteroatoms. The molecule has 0 bridgehead atoms. The number of amides is 1. The number of ether oxygens (including phenoxy) is 1. The van der Waals surface area contributed by atoms with Gasteiger partial charge in [-0.25, -0.2) is 0 Å². The predicted molar refractivity (Wildman–Crippen MR) is 105 cm³/mol. The lowest BCUT2D eigenvalue weighted by atomic mass is 9.98. The average molecular weight is 420 g/mol. The van der Waals surface area contributed by atoms with Crippen LogP contribution in [0.5, 0.6) is 0 Å². The summed E-state index contributed by atoms with van der Waals surface area (Å²) in [6.45, 7) is -0.528. The fraction of sp³-hybridized carbons (Fsp3) is 0.900. The van der Waals surface area contributed by atoms with Gasteiger partial charge in [0.05, 0.1) is 6.61 Å². The Labute approximate surface area is 172 Å². The molecule has 0 aromatic heterocycles. The maximum absolute atomic E-state index is 12.0. The quantitative estimate of drug-likeness (QED) is 0.211. The van der Waals surface area contributed by atoms with Crippen LogP contribution in [0, 0.1) is 0 Å². The molecular weight excluding hydrogens is 382 g/mol. The zero-order chi connectivity index (χ0) is 21.6. The van der Waals surface area contributed by atoms with Gasteiger partial charge in [-0.15, -0.1) is 0 Å². The van der Waals surface area contributed by atoms with E-state index in [1.54, 1.807) is 0 Å². The molecule has 5 atom stereocenters. The van der Waals surface area contributed by atoms with Crippen molar-refractivity contribution in [2.45, 2.75) is 108 Å². The van der Waals surface area contributed by atoms with Gasteiger partial charge in [0.2, 0.25) is 5.91 Å². The Morgan fingerprint density at radius 3 is 1.69 bits per heavy atom. The van der Waals surface area contributed by atoms with Crippen molar-refractivity contribution < 1.29 is 39.9 Å². The minimum absolute atomic E-state index is 0.254. The van der Waals surface area contributed by atoms with Crippen LogP contribution in [0.2, 0.25) is 0 Å². The molecule has 170 valence electrons. The van der Waals surface area contributed by atoms with Crippen molar-refractivity contribution in [1.29, 1.82) is 0 Å². The van der Waals surface area contributed by atoms with E-state index in [1.165, 1.54) is 0 Å². The smallest absolute Gasteiger partial charge is 0.303 e. The number of unbranched alkanes of at least 4 members (excludes halogenated alkanes) is 9. The lowest BCUT2D eigenvalue weighted by Crippen LogP contribution is -2.63. The number of carboxylic acid groups (broad SMARTS) is 1. The van der Waals surface area contributed by atoms with Crippen LogP contribution in [0.1, 0.15) is 77.0 Å². The van der Waals surface area contributed by atoms with Crippen molar-refractivity contribution in [2.24, 2.45) is 0 Å². The second-order valence-corrected chi connectivity index (χ2v) is 7.75. The number of carbonyl (C=O) groups is 2. The fourth-order valence-corrected chi connectivity index (χ4v) is 3.43. The Bertz CT molecular complexity index is 473. The highest BCUT2D eigenvalue weighted by Crippen LogP contribution is 2.20. The molecule has 9 nitrogen and oxygen atoms in total. The predicted octanol–water partition coefficient (Wildman–Crippen LogP) is 0.668. The van der Waals surface area contributed by atoms with Gasteiger partial charge in [-0.1, -0.05) is 51.4 Å². The zero-order valence-corrected chi connectivity index (χ0v) is 17.0. The van der Waals surface area contributed by atoms with Gasteiger partial charge in [0, 0.05) is 12.8 Å². The zero-order valence-electron chi connectivity index (χ0n) is 17.0. The van der Waals surface area contributed by atoms with Crippen molar-refractivity contribution in [2.75, 3.05) is 6.61 Å². The molecule has 1 fully saturated rings. The van der Waals surface area contributed by atoms with E-state index in [-0.39, 0.29) is 18.7 Å². The molecule has 1 aliphatic heterocycles. The van der Waals surface area contributed by atoms with Crippen molar-refractivity contribution in [3.63, 3.8) is 0 Å². The van der Waals surface area contributed by atoms with E-state index in [0.29, 0.717) is 6.42 Å². The fourth-order valence-electron chi connectivity index (χ4n) is 3.43. The van der Waals surface area contributed by atoms with Crippen LogP contribution < -0.4 is 5.32 Å². The molecule has 1 aliphatic rings. The normalized spacial score (nSPS) is 27.0. The number of hydrogen-bond acceptors (Lipinski definition) is 7. The molecule has 0 aliphatic carbocycles. The molecular formula is C20H37NO8. The van der Waals surface area contributed by atoms with E-state index in [4.69, 9.17) is 14.9 Å². The summed E-state index contributed by atoms with van der Waals surface area (Å²) in [5.74, 6) is -1.04. The Morgan fingerprint density at radius 2 is 1.21 bits per heavy atom. The van der Waals surface area contributed by atoms with Crippen LogP contribution in [0.15, 0.2) is 0 Å². The Hall–Kier alpha value is -1.26. The van der Waals surface area contributed by atoms with Crippen molar-refractivity contribution in [1.82, 2.24) is 5.32 Å². The number of rotatable bonds is 15. The van der Waals surface area contributed by atoms with Gasteiger partial charge >= 0.3 is 5.97 Å². The first-order valence-corrected chi connectivity index (χ1v) is 10.7. The van der Waals surface area contributed by atoms with Crippen LogP contribution in [0.4, 0.5) is 0 Å². The molecule has 1 rings (SSSR count). The van der Waals surface area contributed by atoms with E-state index in [2.05, 4.69) is 5.32 Å². The van der Waals surface area contributed by atoms with Gasteiger partial charge in [0.15, 0.2) is 6.23 Å². The third kappa shape index (κ3) is 10.4. The first-order valence-electron chi connectivity index (χ1n) is 10.7. The van der Waals surface area contributed by atoms with E-state index in [9.17, 15) is 24.9 Å². The lowest BCUT2D eigenvalue weighted by Gasteiger charge is -2.40. The SMILES string of the molecule is O=C(O)CCCCCCCCCCCCC(=O)N[C@@H]1O[C@H](CO)[C@@H](O)[C@H](O)[C@H]1O. The van der Waals surface area contributed by atoms with Crippen LogP contribution >= 0.6 is 0 Å². The Kier molecular flexibility index (Phi) is 13.0. The molecule has 0 spiro atoms. The molecule has 1 amide bonds. The van der Waals surface area contributed by atoms with E-state index in [1.807, 2.05) is 0 Å². The van der Waals surface area contributed by atoms with Crippen LogP contribution in [0.3, 0.4) is 0 Å². The number of hydrogen-bond donors (Lipinski definition) is 6. The summed E-state index contributed by atoms with van der Waals surface area (Å²) < 4.78 is 5.25. The highest BCUT2D eigenvalue weighted by Gasteiger charge is 2.43. The second-order valence-electron chi connectivity index (χ2n) is 7.75. The van der Waals surface area contributed by atoms with Crippen molar-refractivity contribution in [3.8, 4) is 0 Å². The van der Waals surface area contributed by atoms with Gasteiger partial charge in [0.1, 0.15) is 24.4 Å². The second kappa shape index (κ2) is 14.7. The van der Waals surface area contributed by atoms with Crippen molar-refractivity contribution in [3.05, 3.63) is 0 Å². The number of nitrogens with one attached hydrogen (secondary N) is 1. The lowest BCUT2D eigenvalue weighted by molar-refractivity contribution is -0.236. The maximum atomic E-state index is 12.0. The van der Waals surface area contributed by atoms with Crippen LogP contribution in [0.25, 0.3) is 0 Å². The van der Waals surface area contributed by atoms with Crippen LogP contribution in [-0.4, -0.2) is 74.7 Å². The standard InChI is InChI=1S/C20H37NO8/c22-13-14-17(26)18(27)19(28)20(29-14)21-15(23)11-9-7-5-3-1-2-4-6-8-10-12-16(24)25/h14,17-20,22,26-28H,1-13H2,(H,21,23)(H,24,25)/t14-,17-,18+,19-,20-/m1/s1. The highest BCUT2D eigenvalue weighted by molar-refractivity contribution is 5.76. The van der Waals surface area contributed by atoms with Gasteiger partial charge in [-0.3, -0.25) is 9.59 Å². The molecule has 0 aromatic rings. The van der Waals surface area contributed by atoms with Gasteiger partial charge < -0.3 is 35.6 Å². The summed E-state index contributed by atoms with van der Waals surface area (Å²) >= 11 is 0. The monoisotopic (exact) mass is 419 g/mol. The van der Waals surface area contributed by atoms with Gasteiger partial charge in [-0.05, 0) is 12.8 Å². The number of carbonyl (C=O) groups excluding carboxylic acids is 1. The van der Waals surface area contributed by atoms with Crippen molar-refractivity contribution >= 4 is 11.9 Å². The summed E-state index contributed by atoms with van der Waals surface area (Å²) in [5, 5.41) is 49.5. The molecule has 1 heterocycles.